The molecule has 2 aliphatic rings. The van der Waals surface area contributed by atoms with Crippen molar-refractivity contribution in [2.24, 2.45) is 0 Å². The van der Waals surface area contributed by atoms with E-state index in [0.717, 1.165) is 36.5 Å². The van der Waals surface area contributed by atoms with Crippen molar-refractivity contribution in [3.63, 3.8) is 0 Å². The highest BCUT2D eigenvalue weighted by Crippen LogP contribution is 2.39. The Morgan fingerprint density at radius 2 is 1.27 bits per heavy atom. The highest BCUT2D eigenvalue weighted by Gasteiger charge is 2.57. The zero-order chi connectivity index (χ0) is 25.8. The molecule has 3 aromatic carbocycles. The smallest absolute Gasteiger partial charge is 0.328 e. The highest BCUT2D eigenvalue weighted by molar-refractivity contribution is 6.07. The van der Waals surface area contributed by atoms with Gasteiger partial charge in [-0.05, 0) is 53.8 Å². The number of piperidine rings is 1. The molecule has 0 unspecified atom stereocenters. The van der Waals surface area contributed by atoms with E-state index < -0.39 is 5.54 Å². The Labute approximate surface area is 218 Å². The van der Waals surface area contributed by atoms with Gasteiger partial charge in [0.25, 0.3) is 5.91 Å². The molecule has 2 heterocycles. The SMILES string of the molecule is COc1cccc(CN2C(=O)N(Cc3cccc(OC)c3)C3(CCN(Cc4ccccc4)CC3)C2=O)c1. The first-order valence-corrected chi connectivity index (χ1v) is 12.7. The van der Waals surface area contributed by atoms with Crippen LogP contribution in [0.5, 0.6) is 11.5 Å². The Morgan fingerprint density at radius 3 is 1.86 bits per heavy atom. The Hall–Kier alpha value is -3.84. The van der Waals surface area contributed by atoms with E-state index >= 15 is 0 Å². The van der Waals surface area contributed by atoms with Gasteiger partial charge in [0.15, 0.2) is 0 Å². The molecule has 7 heteroatoms. The molecule has 0 N–H and O–H groups in total. The quantitative estimate of drug-likeness (QED) is 0.421. The van der Waals surface area contributed by atoms with E-state index in [0.29, 0.717) is 25.1 Å². The topological polar surface area (TPSA) is 62.3 Å². The summed E-state index contributed by atoms with van der Waals surface area (Å²) in [5.41, 5.74) is 2.20. The van der Waals surface area contributed by atoms with Gasteiger partial charge in [0.1, 0.15) is 17.0 Å². The molecule has 37 heavy (non-hydrogen) atoms. The summed E-state index contributed by atoms with van der Waals surface area (Å²) in [6, 6.07) is 25.4. The first-order chi connectivity index (χ1) is 18.0. The lowest BCUT2D eigenvalue weighted by molar-refractivity contribution is -0.136. The monoisotopic (exact) mass is 499 g/mol. The van der Waals surface area contributed by atoms with Crippen LogP contribution in [-0.4, -0.2) is 59.5 Å². The molecule has 2 saturated heterocycles. The van der Waals surface area contributed by atoms with E-state index in [1.54, 1.807) is 19.1 Å². The minimum atomic E-state index is -0.855. The maximum atomic E-state index is 14.0. The number of nitrogens with zero attached hydrogens (tertiary/aromatic N) is 3. The van der Waals surface area contributed by atoms with E-state index in [9.17, 15) is 9.59 Å². The fourth-order valence-corrected chi connectivity index (χ4v) is 5.45. The van der Waals surface area contributed by atoms with Gasteiger partial charge in [0.05, 0.1) is 20.8 Å². The number of hydrogen-bond donors (Lipinski definition) is 0. The van der Waals surface area contributed by atoms with Crippen LogP contribution in [0.25, 0.3) is 0 Å². The molecule has 2 aliphatic heterocycles. The Balaban J connectivity index is 1.41. The van der Waals surface area contributed by atoms with Crippen LogP contribution < -0.4 is 9.47 Å². The largest absolute Gasteiger partial charge is 0.497 e. The third-order valence-corrected chi connectivity index (χ3v) is 7.50. The zero-order valence-electron chi connectivity index (χ0n) is 21.4. The van der Waals surface area contributed by atoms with Gasteiger partial charge in [-0.3, -0.25) is 14.6 Å². The second-order valence-corrected chi connectivity index (χ2v) is 9.76. The molecule has 2 fully saturated rings. The highest BCUT2D eigenvalue weighted by atomic mass is 16.5. The Morgan fingerprint density at radius 1 is 0.703 bits per heavy atom. The number of carbonyl (C=O) groups excluding carboxylic acids is 2. The molecule has 7 nitrogen and oxygen atoms in total. The summed E-state index contributed by atoms with van der Waals surface area (Å²) in [5, 5.41) is 0. The molecule has 1 spiro atoms. The number of methoxy groups -OCH3 is 2. The summed E-state index contributed by atoms with van der Waals surface area (Å²) in [6.07, 6.45) is 1.20. The molecule has 0 saturated carbocycles. The second kappa shape index (κ2) is 10.6. The molecule has 0 bridgehead atoms. The number of rotatable bonds is 8. The number of amides is 3. The number of benzene rings is 3. The van der Waals surface area contributed by atoms with Crippen molar-refractivity contribution in [2.75, 3.05) is 27.3 Å². The standard InChI is InChI=1S/C30H33N3O4/c1-36-26-12-6-10-24(18-26)21-32-28(34)30(14-16-31(17-15-30)20-23-8-4-3-5-9-23)33(29(32)35)22-25-11-7-13-27(19-25)37-2/h3-13,18-19H,14-17,20-22H2,1-2H3. The van der Waals surface area contributed by atoms with Gasteiger partial charge in [-0.1, -0.05) is 54.6 Å². The van der Waals surface area contributed by atoms with Gasteiger partial charge in [-0.25, -0.2) is 4.79 Å². The average Bonchev–Trinajstić information content (AvgIpc) is 3.12. The minimum Gasteiger partial charge on any atom is -0.497 e. The first kappa shape index (κ1) is 24.8. The summed E-state index contributed by atoms with van der Waals surface area (Å²) in [6.45, 7) is 2.90. The van der Waals surface area contributed by atoms with E-state index in [1.165, 1.54) is 10.5 Å². The summed E-state index contributed by atoms with van der Waals surface area (Å²) in [5.74, 6) is 1.33. The predicted octanol–water partition coefficient (Wildman–Crippen LogP) is 4.70. The van der Waals surface area contributed by atoms with Crippen molar-refractivity contribution < 1.29 is 19.1 Å². The lowest BCUT2D eigenvalue weighted by Gasteiger charge is -2.42. The van der Waals surface area contributed by atoms with Gasteiger partial charge in [-0.15, -0.1) is 0 Å². The molecule has 0 atom stereocenters. The van der Waals surface area contributed by atoms with E-state index in [4.69, 9.17) is 9.47 Å². The lowest BCUT2D eigenvalue weighted by Crippen LogP contribution is -2.56. The average molecular weight is 500 g/mol. The lowest BCUT2D eigenvalue weighted by atomic mass is 9.85. The van der Waals surface area contributed by atoms with Crippen LogP contribution in [0, 0.1) is 0 Å². The third kappa shape index (κ3) is 5.04. The van der Waals surface area contributed by atoms with Crippen LogP contribution >= 0.6 is 0 Å². The minimum absolute atomic E-state index is 0.109. The molecule has 0 aromatic heterocycles. The van der Waals surface area contributed by atoms with E-state index in [1.807, 2.05) is 66.7 Å². The fourth-order valence-electron chi connectivity index (χ4n) is 5.45. The number of imide groups is 1. The molecule has 3 amide bonds. The second-order valence-electron chi connectivity index (χ2n) is 9.76. The summed E-state index contributed by atoms with van der Waals surface area (Å²) >= 11 is 0. The number of likely N-dealkylation sites (tertiary alicyclic amines) is 1. The van der Waals surface area contributed by atoms with Crippen molar-refractivity contribution in [1.82, 2.24) is 14.7 Å². The predicted molar refractivity (Wildman–Crippen MR) is 141 cm³/mol. The van der Waals surface area contributed by atoms with Crippen LogP contribution in [0.4, 0.5) is 4.79 Å². The maximum absolute atomic E-state index is 14.0. The van der Waals surface area contributed by atoms with Crippen LogP contribution in [0.2, 0.25) is 0 Å². The van der Waals surface area contributed by atoms with Crippen LogP contribution in [0.1, 0.15) is 29.5 Å². The normalized spacial score (nSPS) is 17.5. The fraction of sp³-hybridized carbons (Fsp3) is 0.333. The van der Waals surface area contributed by atoms with Crippen molar-refractivity contribution in [1.29, 1.82) is 0 Å². The maximum Gasteiger partial charge on any atom is 0.328 e. The molecule has 0 radical (unpaired) electrons. The van der Waals surface area contributed by atoms with Crippen molar-refractivity contribution in [3.8, 4) is 11.5 Å². The van der Waals surface area contributed by atoms with Gasteiger partial charge in [0.2, 0.25) is 0 Å². The summed E-state index contributed by atoms with van der Waals surface area (Å²) in [7, 11) is 3.24. The Bertz CT molecular complexity index is 1250. The molecule has 5 rings (SSSR count). The van der Waals surface area contributed by atoms with Crippen molar-refractivity contribution in [2.45, 2.75) is 38.0 Å². The van der Waals surface area contributed by atoms with E-state index in [2.05, 4.69) is 17.0 Å². The zero-order valence-corrected chi connectivity index (χ0v) is 21.4. The van der Waals surface area contributed by atoms with Crippen LogP contribution in [-0.2, 0) is 24.4 Å². The molecule has 192 valence electrons. The van der Waals surface area contributed by atoms with Crippen LogP contribution in [0.15, 0.2) is 78.9 Å². The number of hydrogen-bond acceptors (Lipinski definition) is 5. The number of ether oxygens (including phenoxy) is 2. The number of carbonyl (C=O) groups is 2. The molecular weight excluding hydrogens is 466 g/mol. The van der Waals surface area contributed by atoms with Crippen molar-refractivity contribution >= 4 is 11.9 Å². The van der Waals surface area contributed by atoms with Gasteiger partial charge >= 0.3 is 6.03 Å². The molecular formula is C30H33N3O4. The molecule has 3 aromatic rings. The van der Waals surface area contributed by atoms with Gasteiger partial charge in [-0.2, -0.15) is 0 Å². The summed E-state index contributed by atoms with van der Waals surface area (Å²) in [4.78, 5) is 33.4. The summed E-state index contributed by atoms with van der Waals surface area (Å²) < 4.78 is 10.7. The third-order valence-electron chi connectivity index (χ3n) is 7.50. The number of urea groups is 1. The first-order valence-electron chi connectivity index (χ1n) is 12.7. The van der Waals surface area contributed by atoms with Gasteiger partial charge < -0.3 is 14.4 Å². The van der Waals surface area contributed by atoms with E-state index in [-0.39, 0.29) is 18.5 Å². The van der Waals surface area contributed by atoms with Crippen LogP contribution in [0.3, 0.4) is 0 Å². The van der Waals surface area contributed by atoms with Crippen molar-refractivity contribution in [3.05, 3.63) is 95.6 Å². The van der Waals surface area contributed by atoms with Gasteiger partial charge in [0, 0.05) is 26.2 Å². The molecule has 0 aliphatic carbocycles. The Kier molecular flexibility index (Phi) is 7.15.